The lowest BCUT2D eigenvalue weighted by Crippen LogP contribution is -2.54. The molecule has 178 valence electrons. The lowest BCUT2D eigenvalue weighted by atomic mass is 9.96. The SMILES string of the molecule is C=CC(=O)N1CCN2C(=C)c3cc(F)c(-c4ccc(F)c5sc(N)c(C#N)c45)c(Cl)c3OC[C@H]2C1. The molecule has 0 saturated carbocycles. The molecule has 35 heavy (non-hydrogen) atoms. The number of nitrogen functional groups attached to an aromatic ring is 1. The van der Waals surface area contributed by atoms with Crippen molar-refractivity contribution < 1.29 is 18.3 Å². The van der Waals surface area contributed by atoms with Crippen LogP contribution < -0.4 is 10.5 Å². The molecule has 3 heterocycles. The Hall–Kier alpha value is -3.61. The normalized spacial score (nSPS) is 17.3. The number of thiophene rings is 1. The fourth-order valence-electron chi connectivity index (χ4n) is 4.73. The Morgan fingerprint density at radius 2 is 2.09 bits per heavy atom. The summed E-state index contributed by atoms with van der Waals surface area (Å²) in [5.41, 5.74) is 7.17. The topological polar surface area (TPSA) is 82.6 Å². The summed E-state index contributed by atoms with van der Waals surface area (Å²) in [4.78, 5) is 15.8. The van der Waals surface area contributed by atoms with E-state index in [0.29, 0.717) is 30.9 Å². The van der Waals surface area contributed by atoms with Gasteiger partial charge in [-0.25, -0.2) is 8.78 Å². The first-order chi connectivity index (χ1) is 16.8. The zero-order valence-corrected chi connectivity index (χ0v) is 20.0. The number of nitrogens with zero attached hydrogens (tertiary/aromatic N) is 3. The Labute approximate surface area is 209 Å². The van der Waals surface area contributed by atoms with Crippen molar-refractivity contribution in [3.05, 3.63) is 65.2 Å². The van der Waals surface area contributed by atoms with E-state index in [1.165, 1.54) is 24.3 Å². The van der Waals surface area contributed by atoms with E-state index in [9.17, 15) is 14.4 Å². The Morgan fingerprint density at radius 1 is 1.31 bits per heavy atom. The highest BCUT2D eigenvalue weighted by molar-refractivity contribution is 7.23. The number of hydrogen-bond donors (Lipinski definition) is 1. The fourth-order valence-corrected chi connectivity index (χ4v) is 6.03. The number of anilines is 1. The van der Waals surface area contributed by atoms with Crippen molar-refractivity contribution in [2.24, 2.45) is 0 Å². The molecule has 0 bridgehead atoms. The highest BCUT2D eigenvalue weighted by atomic mass is 35.5. The van der Waals surface area contributed by atoms with E-state index in [4.69, 9.17) is 22.1 Å². The van der Waals surface area contributed by atoms with Crippen molar-refractivity contribution in [1.82, 2.24) is 9.80 Å². The number of carbonyl (C=O) groups is 1. The first-order valence-electron chi connectivity index (χ1n) is 10.7. The Morgan fingerprint density at radius 3 is 2.80 bits per heavy atom. The lowest BCUT2D eigenvalue weighted by Gasteiger charge is -2.41. The minimum Gasteiger partial charge on any atom is -0.489 e. The molecule has 1 aromatic heterocycles. The highest BCUT2D eigenvalue weighted by Crippen LogP contribution is 2.48. The Bertz CT molecular complexity index is 1480. The number of ether oxygens (including phenoxy) is 1. The first-order valence-corrected chi connectivity index (χ1v) is 11.9. The average molecular weight is 513 g/mol. The van der Waals surface area contributed by atoms with Crippen molar-refractivity contribution in [3.63, 3.8) is 0 Å². The summed E-state index contributed by atoms with van der Waals surface area (Å²) in [6, 6.07) is 5.65. The quantitative estimate of drug-likeness (QED) is 0.488. The number of benzene rings is 2. The van der Waals surface area contributed by atoms with Crippen molar-refractivity contribution >= 4 is 49.6 Å². The molecular formula is C25H19ClF2N4O2S. The van der Waals surface area contributed by atoms with Crippen LogP contribution in [0.15, 0.2) is 37.4 Å². The van der Waals surface area contributed by atoms with Crippen molar-refractivity contribution in [2.75, 3.05) is 32.0 Å². The predicted molar refractivity (Wildman–Crippen MR) is 133 cm³/mol. The van der Waals surface area contributed by atoms with Crippen LogP contribution in [0.25, 0.3) is 26.9 Å². The van der Waals surface area contributed by atoms with E-state index in [2.05, 4.69) is 13.2 Å². The first kappa shape index (κ1) is 23.1. The highest BCUT2D eigenvalue weighted by Gasteiger charge is 2.35. The molecule has 2 N–H and O–H groups in total. The van der Waals surface area contributed by atoms with Gasteiger partial charge < -0.3 is 20.3 Å². The maximum Gasteiger partial charge on any atom is 0.246 e. The second-order valence-corrected chi connectivity index (χ2v) is 9.70. The molecule has 2 aromatic carbocycles. The number of fused-ring (bicyclic) bond motifs is 3. The van der Waals surface area contributed by atoms with E-state index in [1.54, 1.807) is 4.90 Å². The van der Waals surface area contributed by atoms with Crippen LogP contribution in [0.2, 0.25) is 5.02 Å². The molecule has 0 radical (unpaired) electrons. The summed E-state index contributed by atoms with van der Waals surface area (Å²) in [6.45, 7) is 9.23. The third-order valence-electron chi connectivity index (χ3n) is 6.42. The van der Waals surface area contributed by atoms with Crippen LogP contribution in [0.1, 0.15) is 11.1 Å². The van der Waals surface area contributed by atoms with Crippen LogP contribution in [0.3, 0.4) is 0 Å². The van der Waals surface area contributed by atoms with E-state index >= 15 is 4.39 Å². The molecule has 1 fully saturated rings. The van der Waals surface area contributed by atoms with Gasteiger partial charge in [0.2, 0.25) is 5.91 Å². The maximum absolute atomic E-state index is 15.7. The predicted octanol–water partition coefficient (Wildman–Crippen LogP) is 5.02. The van der Waals surface area contributed by atoms with Gasteiger partial charge in [-0.1, -0.05) is 30.8 Å². The second kappa shape index (κ2) is 8.56. The number of piperazine rings is 1. The van der Waals surface area contributed by atoms with Crippen LogP contribution in [0, 0.1) is 23.0 Å². The zero-order chi connectivity index (χ0) is 25.0. The molecule has 3 aromatic rings. The number of carbonyl (C=O) groups excluding carboxylic acids is 1. The molecule has 1 amide bonds. The van der Waals surface area contributed by atoms with E-state index in [1.807, 2.05) is 11.0 Å². The minimum atomic E-state index is -0.668. The molecule has 2 aliphatic heterocycles. The van der Waals surface area contributed by atoms with Gasteiger partial charge in [0, 0.05) is 41.8 Å². The molecule has 0 unspecified atom stereocenters. The van der Waals surface area contributed by atoms with E-state index in [0.717, 1.165) is 11.3 Å². The van der Waals surface area contributed by atoms with Gasteiger partial charge in [0.05, 0.1) is 21.3 Å². The molecule has 1 saturated heterocycles. The van der Waals surface area contributed by atoms with E-state index in [-0.39, 0.29) is 61.1 Å². The minimum absolute atomic E-state index is 0.0124. The number of amides is 1. The molecule has 6 nitrogen and oxygen atoms in total. The van der Waals surface area contributed by atoms with E-state index < -0.39 is 11.6 Å². The van der Waals surface area contributed by atoms with Gasteiger partial charge in [0.25, 0.3) is 0 Å². The Balaban J connectivity index is 1.64. The van der Waals surface area contributed by atoms with Gasteiger partial charge in [-0.05, 0) is 23.8 Å². The second-order valence-electron chi connectivity index (χ2n) is 8.27. The number of nitrogens with two attached hydrogens (primary N) is 1. The number of halogens is 3. The van der Waals surface area contributed by atoms with Crippen LogP contribution in [0.4, 0.5) is 13.8 Å². The molecule has 2 aliphatic rings. The summed E-state index contributed by atoms with van der Waals surface area (Å²) < 4.78 is 36.4. The Kier molecular flexibility index (Phi) is 5.66. The molecule has 5 rings (SSSR count). The van der Waals surface area contributed by atoms with Gasteiger partial charge in [0.1, 0.15) is 35.1 Å². The molecule has 10 heteroatoms. The smallest absolute Gasteiger partial charge is 0.246 e. The van der Waals surface area contributed by atoms with Crippen molar-refractivity contribution in [1.29, 1.82) is 5.26 Å². The lowest BCUT2D eigenvalue weighted by molar-refractivity contribution is -0.128. The van der Waals surface area contributed by atoms with Crippen LogP contribution >= 0.6 is 22.9 Å². The van der Waals surface area contributed by atoms with Crippen LogP contribution in [-0.2, 0) is 4.79 Å². The largest absolute Gasteiger partial charge is 0.489 e. The average Bonchev–Trinajstić information content (AvgIpc) is 3.13. The summed E-state index contributed by atoms with van der Waals surface area (Å²) in [6.07, 6.45) is 1.27. The van der Waals surface area contributed by atoms with Crippen molar-refractivity contribution in [2.45, 2.75) is 6.04 Å². The fraction of sp³-hybridized carbons (Fsp3) is 0.200. The summed E-state index contributed by atoms with van der Waals surface area (Å²) in [7, 11) is 0. The summed E-state index contributed by atoms with van der Waals surface area (Å²) >= 11 is 7.66. The molecule has 0 aliphatic carbocycles. The standard InChI is InChI=1S/C25H19ClF2N4O2S/c1-3-19(33)31-6-7-32-12(2)15-8-18(28)21(22(26)23(15)34-11-13(32)10-31)14-4-5-17(27)24-20(14)16(9-29)25(30)35-24/h3-5,8,13H,1-2,6-7,10-11,30H2/t13-/m1/s1. The third-order valence-corrected chi connectivity index (χ3v) is 7.81. The maximum atomic E-state index is 15.7. The van der Waals surface area contributed by atoms with Gasteiger partial charge >= 0.3 is 0 Å². The zero-order valence-electron chi connectivity index (χ0n) is 18.4. The van der Waals surface area contributed by atoms with Gasteiger partial charge in [-0.3, -0.25) is 4.79 Å². The van der Waals surface area contributed by atoms with Gasteiger partial charge in [0.15, 0.2) is 0 Å². The number of hydrogen-bond acceptors (Lipinski definition) is 6. The third kappa shape index (κ3) is 3.52. The van der Waals surface area contributed by atoms with Gasteiger partial charge in [-0.15, -0.1) is 11.3 Å². The number of rotatable bonds is 2. The summed E-state index contributed by atoms with van der Waals surface area (Å²) in [5, 5.41) is 9.95. The molecular weight excluding hydrogens is 494 g/mol. The van der Waals surface area contributed by atoms with Crippen molar-refractivity contribution in [3.8, 4) is 22.9 Å². The monoisotopic (exact) mass is 512 g/mol. The summed E-state index contributed by atoms with van der Waals surface area (Å²) in [5.74, 6) is -1.16. The molecule has 0 spiro atoms. The van der Waals surface area contributed by atoms with Gasteiger partial charge in [-0.2, -0.15) is 5.26 Å². The number of nitriles is 1. The van der Waals surface area contributed by atoms with Crippen LogP contribution in [0.5, 0.6) is 5.75 Å². The van der Waals surface area contributed by atoms with Crippen LogP contribution in [-0.4, -0.2) is 48.0 Å². The molecule has 1 atom stereocenters.